The topological polar surface area (TPSA) is 30.7 Å². The molecule has 1 aliphatic carbocycles. The molecule has 0 saturated heterocycles. The number of benzene rings is 7. The number of fused-ring (bicyclic) bond motifs is 10. The van der Waals surface area contributed by atoms with Crippen LogP contribution in [-0.2, 0) is 0 Å². The van der Waals surface area contributed by atoms with Gasteiger partial charge in [-0.05, 0) is 50.7 Å². The first-order valence-electron chi connectivity index (χ1n) is 15.4. The zero-order chi connectivity index (χ0) is 29.5. The number of aromatic nitrogens is 3. The fraction of sp³-hybridized carbons (Fsp3) is 0. The van der Waals surface area contributed by atoms with Gasteiger partial charge in [0.2, 0.25) is 5.95 Å². The molecule has 0 radical (unpaired) electrons. The Morgan fingerprint density at radius 1 is 0.422 bits per heavy atom. The van der Waals surface area contributed by atoms with Crippen LogP contribution in [0, 0.1) is 0 Å². The van der Waals surface area contributed by atoms with Crippen LogP contribution in [0.2, 0.25) is 0 Å². The van der Waals surface area contributed by atoms with Crippen LogP contribution in [0.1, 0.15) is 0 Å². The minimum absolute atomic E-state index is 0.671. The Bertz CT molecular complexity index is 2640. The van der Waals surface area contributed by atoms with Crippen molar-refractivity contribution in [3.05, 3.63) is 152 Å². The van der Waals surface area contributed by atoms with Crippen molar-refractivity contribution in [3.8, 4) is 50.6 Å². The van der Waals surface area contributed by atoms with Gasteiger partial charge in [-0.1, -0.05) is 140 Å². The van der Waals surface area contributed by atoms with Gasteiger partial charge >= 0.3 is 0 Å². The van der Waals surface area contributed by atoms with Crippen LogP contribution < -0.4 is 0 Å². The third-order valence-electron chi connectivity index (χ3n) is 9.36. The van der Waals surface area contributed by atoms with Gasteiger partial charge in [0.05, 0.1) is 22.2 Å². The third-order valence-corrected chi connectivity index (χ3v) is 9.36. The molecule has 10 rings (SSSR count). The summed E-state index contributed by atoms with van der Waals surface area (Å²) in [6.45, 7) is 0. The summed E-state index contributed by atoms with van der Waals surface area (Å²) in [5.74, 6) is 0.671. The molecule has 9 aromatic rings. The van der Waals surface area contributed by atoms with Crippen LogP contribution in [0.15, 0.2) is 152 Å². The molecule has 0 N–H and O–H groups in total. The highest BCUT2D eigenvalue weighted by Crippen LogP contribution is 2.51. The monoisotopic (exact) mass is 571 g/mol. The Morgan fingerprint density at radius 3 is 1.93 bits per heavy atom. The van der Waals surface area contributed by atoms with E-state index in [1.165, 1.54) is 54.9 Å². The second-order valence-corrected chi connectivity index (χ2v) is 11.7. The van der Waals surface area contributed by atoms with E-state index in [0.29, 0.717) is 5.95 Å². The summed E-state index contributed by atoms with van der Waals surface area (Å²) in [7, 11) is 0. The Labute approximate surface area is 259 Å². The van der Waals surface area contributed by atoms with E-state index < -0.39 is 0 Å². The fourth-order valence-corrected chi connectivity index (χ4v) is 7.47. The molecule has 0 saturated carbocycles. The largest absolute Gasteiger partial charge is 0.277 e. The predicted molar refractivity (Wildman–Crippen MR) is 187 cm³/mol. The summed E-state index contributed by atoms with van der Waals surface area (Å²) >= 11 is 0. The zero-order valence-corrected chi connectivity index (χ0v) is 24.3. The van der Waals surface area contributed by atoms with Crippen molar-refractivity contribution >= 4 is 43.5 Å². The molecular weight excluding hydrogens is 546 g/mol. The molecule has 0 aliphatic heterocycles. The van der Waals surface area contributed by atoms with E-state index in [1.807, 2.05) is 6.07 Å². The number of para-hydroxylation sites is 2. The lowest BCUT2D eigenvalue weighted by Gasteiger charge is -2.16. The van der Waals surface area contributed by atoms with Gasteiger partial charge in [-0.15, -0.1) is 0 Å². The molecule has 3 nitrogen and oxygen atoms in total. The minimum atomic E-state index is 0.671. The average Bonchev–Trinajstić information content (AvgIpc) is 3.39. The average molecular weight is 572 g/mol. The maximum absolute atomic E-state index is 5.37. The first kappa shape index (κ1) is 24.4. The highest BCUT2D eigenvalue weighted by Gasteiger charge is 2.27. The van der Waals surface area contributed by atoms with E-state index in [1.54, 1.807) is 0 Å². The van der Waals surface area contributed by atoms with Crippen LogP contribution in [0.4, 0.5) is 0 Å². The molecule has 0 atom stereocenters. The molecule has 0 amide bonds. The number of nitrogens with zero attached hydrogens (tertiary/aromatic N) is 3. The van der Waals surface area contributed by atoms with E-state index in [-0.39, 0.29) is 0 Å². The van der Waals surface area contributed by atoms with Crippen molar-refractivity contribution < 1.29 is 0 Å². The minimum Gasteiger partial charge on any atom is -0.277 e. The van der Waals surface area contributed by atoms with Crippen molar-refractivity contribution in [2.45, 2.75) is 0 Å². The SMILES string of the molecule is c1ccc(-c2nc(-n3c4ccccc4c4ccc5c(c43)-c3ccccc3-c3cccc4cccc-5c34)nc3ccccc23)cc1. The molecular formula is C42H25N3. The lowest BCUT2D eigenvalue weighted by Crippen LogP contribution is -2.04. The smallest absolute Gasteiger partial charge is 0.235 e. The van der Waals surface area contributed by atoms with Crippen molar-refractivity contribution in [1.29, 1.82) is 0 Å². The highest BCUT2D eigenvalue weighted by molar-refractivity contribution is 6.21. The zero-order valence-electron chi connectivity index (χ0n) is 24.3. The van der Waals surface area contributed by atoms with Crippen LogP contribution in [0.5, 0.6) is 0 Å². The van der Waals surface area contributed by atoms with Gasteiger partial charge in [0.15, 0.2) is 0 Å². The van der Waals surface area contributed by atoms with E-state index in [4.69, 9.17) is 9.97 Å². The van der Waals surface area contributed by atoms with Crippen molar-refractivity contribution in [2.75, 3.05) is 0 Å². The lowest BCUT2D eigenvalue weighted by atomic mass is 9.91. The molecule has 3 heteroatoms. The number of hydrogen-bond donors (Lipinski definition) is 0. The van der Waals surface area contributed by atoms with Gasteiger partial charge in [-0.25, -0.2) is 9.97 Å². The number of hydrogen-bond acceptors (Lipinski definition) is 2. The van der Waals surface area contributed by atoms with E-state index in [0.717, 1.165) is 33.2 Å². The third kappa shape index (κ3) is 3.41. The van der Waals surface area contributed by atoms with Gasteiger partial charge in [0, 0.05) is 27.3 Å². The fourth-order valence-electron chi connectivity index (χ4n) is 7.47. The second-order valence-electron chi connectivity index (χ2n) is 11.7. The van der Waals surface area contributed by atoms with E-state index in [2.05, 4.69) is 150 Å². The molecule has 2 heterocycles. The molecule has 0 unspecified atom stereocenters. The van der Waals surface area contributed by atoms with Gasteiger partial charge in [-0.3, -0.25) is 4.57 Å². The summed E-state index contributed by atoms with van der Waals surface area (Å²) in [5, 5.41) is 5.96. The molecule has 208 valence electrons. The lowest BCUT2D eigenvalue weighted by molar-refractivity contribution is 1.01. The molecule has 0 bridgehead atoms. The molecule has 45 heavy (non-hydrogen) atoms. The maximum atomic E-state index is 5.37. The first-order chi connectivity index (χ1) is 22.3. The summed E-state index contributed by atoms with van der Waals surface area (Å²) in [5.41, 5.74) is 12.5. The quantitative estimate of drug-likeness (QED) is 0.207. The Morgan fingerprint density at radius 2 is 1.09 bits per heavy atom. The molecule has 7 aromatic carbocycles. The maximum Gasteiger partial charge on any atom is 0.235 e. The summed E-state index contributed by atoms with van der Waals surface area (Å²) in [6.07, 6.45) is 0. The second kappa shape index (κ2) is 9.22. The van der Waals surface area contributed by atoms with Gasteiger partial charge in [0.25, 0.3) is 0 Å². The summed E-state index contributed by atoms with van der Waals surface area (Å²) in [6, 6.07) is 54.2. The van der Waals surface area contributed by atoms with Crippen LogP contribution in [0.25, 0.3) is 94.1 Å². The number of rotatable bonds is 2. The standard InChI is InChI=1S/C42H25N3/c1-2-12-27(13-3-1)40-35-19-6-8-22-36(35)43-42(44-40)45-37-23-9-7-17-29(37)34-25-24-33-32-21-11-15-26-14-10-20-30(38(26)32)28-16-4-5-18-31(28)39(33)41(34)45/h1-25H. The Balaban J connectivity index is 1.42. The molecule has 0 fully saturated rings. The van der Waals surface area contributed by atoms with E-state index in [9.17, 15) is 0 Å². The van der Waals surface area contributed by atoms with Crippen LogP contribution in [0.3, 0.4) is 0 Å². The first-order valence-corrected chi connectivity index (χ1v) is 15.4. The molecule has 0 spiro atoms. The highest BCUT2D eigenvalue weighted by atomic mass is 15.2. The van der Waals surface area contributed by atoms with Gasteiger partial charge in [-0.2, -0.15) is 0 Å². The van der Waals surface area contributed by atoms with Crippen LogP contribution in [-0.4, -0.2) is 14.5 Å². The van der Waals surface area contributed by atoms with Crippen LogP contribution >= 0.6 is 0 Å². The predicted octanol–water partition coefficient (Wildman–Crippen LogP) is 10.9. The Hall–Kier alpha value is -6.06. The summed E-state index contributed by atoms with van der Waals surface area (Å²) in [4.78, 5) is 10.6. The normalized spacial score (nSPS) is 12.0. The van der Waals surface area contributed by atoms with Gasteiger partial charge < -0.3 is 0 Å². The van der Waals surface area contributed by atoms with Crippen molar-refractivity contribution in [2.24, 2.45) is 0 Å². The van der Waals surface area contributed by atoms with E-state index >= 15 is 0 Å². The Kier molecular flexibility index (Phi) is 5.00. The van der Waals surface area contributed by atoms with Gasteiger partial charge in [0.1, 0.15) is 0 Å². The molecule has 2 aromatic heterocycles. The van der Waals surface area contributed by atoms with Crippen molar-refractivity contribution in [3.63, 3.8) is 0 Å². The molecule has 1 aliphatic rings. The summed E-state index contributed by atoms with van der Waals surface area (Å²) < 4.78 is 2.30. The van der Waals surface area contributed by atoms with Crippen molar-refractivity contribution in [1.82, 2.24) is 14.5 Å².